The molecule has 0 unspecified atom stereocenters. The van der Waals surface area contributed by atoms with Crippen molar-refractivity contribution < 1.29 is 14.3 Å². The van der Waals surface area contributed by atoms with Crippen LogP contribution in [0.4, 0.5) is 0 Å². The first kappa shape index (κ1) is 16.3. The maximum Gasteiger partial charge on any atom is 0.233 e. The van der Waals surface area contributed by atoms with E-state index >= 15 is 0 Å². The molecule has 1 fully saturated rings. The number of carbonyl (C=O) groups excluding carboxylic acids is 1. The summed E-state index contributed by atoms with van der Waals surface area (Å²) in [6.45, 7) is 2.51. The predicted molar refractivity (Wildman–Crippen MR) is 78.0 cm³/mol. The lowest BCUT2D eigenvalue weighted by Gasteiger charge is -2.34. The quantitative estimate of drug-likeness (QED) is 0.515. The topological polar surface area (TPSA) is 73.6 Å². The number of methoxy groups -OCH3 is 1. The minimum absolute atomic E-state index is 0.0463. The molecule has 3 N–H and O–H groups in total. The van der Waals surface area contributed by atoms with E-state index in [0.717, 1.165) is 25.9 Å². The van der Waals surface area contributed by atoms with Crippen LogP contribution in [0, 0.1) is 5.41 Å². The van der Waals surface area contributed by atoms with Gasteiger partial charge < -0.3 is 20.5 Å². The van der Waals surface area contributed by atoms with Gasteiger partial charge in [-0.1, -0.05) is 12.2 Å². The molecule has 0 atom stereocenters. The van der Waals surface area contributed by atoms with Crippen LogP contribution in [0.15, 0.2) is 0 Å². The van der Waals surface area contributed by atoms with Gasteiger partial charge in [-0.25, -0.2) is 0 Å². The molecule has 1 heterocycles. The van der Waals surface area contributed by atoms with E-state index in [1.54, 1.807) is 7.11 Å². The van der Waals surface area contributed by atoms with Gasteiger partial charge in [0.1, 0.15) is 5.41 Å². The average molecular weight is 288 g/mol. The molecule has 6 heteroatoms. The van der Waals surface area contributed by atoms with Crippen LogP contribution in [-0.4, -0.2) is 44.4 Å². The van der Waals surface area contributed by atoms with Crippen molar-refractivity contribution in [3.05, 3.63) is 0 Å². The molecule has 1 rings (SSSR count). The number of ether oxygens (including phenoxy) is 2. The molecule has 0 spiro atoms. The lowest BCUT2D eigenvalue weighted by molar-refractivity contribution is -0.131. The van der Waals surface area contributed by atoms with Crippen LogP contribution >= 0.6 is 12.2 Å². The number of hydrogen-bond donors (Lipinski definition) is 2. The highest BCUT2D eigenvalue weighted by atomic mass is 32.1. The third-order valence-corrected chi connectivity index (χ3v) is 3.95. The molecule has 1 amide bonds. The highest BCUT2D eigenvalue weighted by molar-refractivity contribution is 7.80. The summed E-state index contributed by atoms with van der Waals surface area (Å²) in [5.74, 6) is -0.0463. The zero-order valence-electron chi connectivity index (χ0n) is 11.6. The van der Waals surface area contributed by atoms with E-state index in [1.165, 1.54) is 0 Å². The minimum atomic E-state index is -0.708. The van der Waals surface area contributed by atoms with E-state index in [4.69, 9.17) is 27.4 Å². The Balaban J connectivity index is 2.35. The maximum absolute atomic E-state index is 12.3. The monoisotopic (exact) mass is 288 g/mol. The number of thiocarbonyl (C=S) groups is 1. The van der Waals surface area contributed by atoms with Gasteiger partial charge in [0.15, 0.2) is 0 Å². The van der Waals surface area contributed by atoms with Gasteiger partial charge in [0.05, 0.1) is 4.99 Å². The summed E-state index contributed by atoms with van der Waals surface area (Å²) in [7, 11) is 1.69. The first-order valence-corrected chi connectivity index (χ1v) is 7.19. The van der Waals surface area contributed by atoms with Gasteiger partial charge in [-0.3, -0.25) is 4.79 Å². The molecule has 0 radical (unpaired) electrons. The molecule has 1 saturated heterocycles. The second kappa shape index (κ2) is 8.45. The van der Waals surface area contributed by atoms with Crippen molar-refractivity contribution in [3.8, 4) is 0 Å². The van der Waals surface area contributed by atoms with Crippen molar-refractivity contribution in [2.24, 2.45) is 11.1 Å². The fourth-order valence-corrected chi connectivity index (χ4v) is 2.52. The van der Waals surface area contributed by atoms with E-state index in [-0.39, 0.29) is 10.9 Å². The number of unbranched alkanes of at least 4 members (excludes halogenated alkanes) is 2. The van der Waals surface area contributed by atoms with E-state index in [1.807, 2.05) is 0 Å². The highest BCUT2D eigenvalue weighted by Crippen LogP contribution is 2.31. The van der Waals surface area contributed by atoms with Crippen molar-refractivity contribution in [1.29, 1.82) is 0 Å². The molecule has 0 aromatic rings. The molecule has 0 aromatic heterocycles. The van der Waals surface area contributed by atoms with E-state index in [9.17, 15) is 4.79 Å². The Morgan fingerprint density at radius 1 is 1.37 bits per heavy atom. The Morgan fingerprint density at radius 3 is 2.63 bits per heavy atom. The van der Waals surface area contributed by atoms with E-state index in [2.05, 4.69) is 5.32 Å². The van der Waals surface area contributed by atoms with E-state index < -0.39 is 5.41 Å². The first-order chi connectivity index (χ1) is 9.13. The smallest absolute Gasteiger partial charge is 0.233 e. The zero-order chi connectivity index (χ0) is 14.1. The van der Waals surface area contributed by atoms with Crippen molar-refractivity contribution in [1.82, 2.24) is 5.32 Å². The van der Waals surface area contributed by atoms with Gasteiger partial charge in [-0.2, -0.15) is 0 Å². The Morgan fingerprint density at radius 2 is 2.05 bits per heavy atom. The summed E-state index contributed by atoms with van der Waals surface area (Å²) < 4.78 is 10.3. The normalized spacial score (nSPS) is 17.9. The van der Waals surface area contributed by atoms with Crippen LogP contribution in [-0.2, 0) is 14.3 Å². The summed E-state index contributed by atoms with van der Waals surface area (Å²) >= 11 is 5.08. The number of rotatable bonds is 8. The molecule has 19 heavy (non-hydrogen) atoms. The molecule has 0 saturated carbocycles. The number of nitrogens with one attached hydrogen (secondary N) is 1. The molecule has 110 valence electrons. The van der Waals surface area contributed by atoms with Crippen LogP contribution < -0.4 is 11.1 Å². The van der Waals surface area contributed by atoms with Gasteiger partial charge in [0.25, 0.3) is 0 Å². The summed E-state index contributed by atoms with van der Waals surface area (Å²) in [6.07, 6.45) is 4.16. The Bertz CT molecular complexity index is 304. The van der Waals surface area contributed by atoms with Crippen LogP contribution in [0.25, 0.3) is 0 Å². The molecule has 0 aliphatic carbocycles. The van der Waals surface area contributed by atoms with Gasteiger partial charge >= 0.3 is 0 Å². The van der Waals surface area contributed by atoms with Crippen molar-refractivity contribution in [2.45, 2.75) is 32.1 Å². The lowest BCUT2D eigenvalue weighted by Crippen LogP contribution is -2.52. The summed E-state index contributed by atoms with van der Waals surface area (Å²) in [6, 6.07) is 0. The first-order valence-electron chi connectivity index (χ1n) is 6.78. The van der Waals surface area contributed by atoms with Gasteiger partial charge in [-0.05, 0) is 32.1 Å². The van der Waals surface area contributed by atoms with Crippen LogP contribution in [0.2, 0.25) is 0 Å². The summed E-state index contributed by atoms with van der Waals surface area (Å²) in [5.41, 5.74) is 5.06. The molecule has 0 aromatic carbocycles. The number of hydrogen-bond acceptors (Lipinski definition) is 4. The predicted octanol–water partition coefficient (Wildman–Crippen LogP) is 1.00. The standard InChI is InChI=1S/C13H24N2O3S/c1-17-8-4-2-3-7-15-12(16)13(11(14)19)5-9-18-10-6-13/h2-10H2,1H3,(H2,14,19)(H,15,16). The minimum Gasteiger partial charge on any atom is -0.392 e. The fourth-order valence-electron chi connectivity index (χ4n) is 2.22. The van der Waals surface area contributed by atoms with Crippen LogP contribution in [0.3, 0.4) is 0 Å². The highest BCUT2D eigenvalue weighted by Gasteiger charge is 2.42. The lowest BCUT2D eigenvalue weighted by atomic mass is 9.79. The number of amides is 1. The zero-order valence-corrected chi connectivity index (χ0v) is 12.4. The third kappa shape index (κ3) is 4.71. The molecule has 1 aliphatic heterocycles. The summed E-state index contributed by atoms with van der Waals surface area (Å²) in [4.78, 5) is 12.6. The fraction of sp³-hybridized carbons (Fsp3) is 0.846. The van der Waals surface area contributed by atoms with Gasteiger partial charge in [-0.15, -0.1) is 0 Å². The van der Waals surface area contributed by atoms with E-state index in [0.29, 0.717) is 32.6 Å². The second-order valence-electron chi connectivity index (χ2n) is 4.87. The largest absolute Gasteiger partial charge is 0.392 e. The average Bonchev–Trinajstić information content (AvgIpc) is 2.43. The van der Waals surface area contributed by atoms with Gasteiger partial charge in [0, 0.05) is 33.5 Å². The molecule has 5 nitrogen and oxygen atoms in total. The third-order valence-electron chi connectivity index (χ3n) is 3.56. The number of carbonyl (C=O) groups is 1. The molecular formula is C13H24N2O3S. The Labute approximate surface area is 120 Å². The number of nitrogens with two attached hydrogens (primary N) is 1. The second-order valence-corrected chi connectivity index (χ2v) is 5.31. The van der Waals surface area contributed by atoms with Crippen molar-refractivity contribution >= 4 is 23.1 Å². The molecule has 1 aliphatic rings. The Hall–Kier alpha value is -0.720. The molecule has 0 bridgehead atoms. The van der Waals surface area contributed by atoms with Crippen molar-refractivity contribution in [3.63, 3.8) is 0 Å². The Kier molecular flexibility index (Phi) is 7.27. The summed E-state index contributed by atoms with van der Waals surface area (Å²) in [5, 5.41) is 2.95. The maximum atomic E-state index is 12.3. The molecular weight excluding hydrogens is 264 g/mol. The van der Waals surface area contributed by atoms with Crippen molar-refractivity contribution in [2.75, 3.05) is 33.5 Å². The van der Waals surface area contributed by atoms with Crippen LogP contribution in [0.5, 0.6) is 0 Å². The SMILES string of the molecule is COCCCCCNC(=O)C1(C(N)=S)CCOCC1. The van der Waals surface area contributed by atoms with Gasteiger partial charge in [0.2, 0.25) is 5.91 Å². The van der Waals surface area contributed by atoms with Crippen LogP contribution in [0.1, 0.15) is 32.1 Å².